The van der Waals surface area contributed by atoms with Crippen molar-refractivity contribution < 1.29 is 47.7 Å². The first kappa shape index (κ1) is 75.3. The van der Waals surface area contributed by atoms with E-state index in [1.54, 1.807) is 0 Å². The maximum atomic E-state index is 12.7. The van der Waals surface area contributed by atoms with E-state index in [1.807, 2.05) is 0 Å². The summed E-state index contributed by atoms with van der Waals surface area (Å²) in [5.41, 5.74) is 0.258. The van der Waals surface area contributed by atoms with Crippen LogP contribution in [0.15, 0.2) is 0 Å². The van der Waals surface area contributed by atoms with Crippen molar-refractivity contribution in [2.45, 2.75) is 283 Å². The Morgan fingerprint density at radius 3 is 0.938 bits per heavy atom. The molecule has 0 aromatic heterocycles. The van der Waals surface area contributed by atoms with Gasteiger partial charge in [0.05, 0.1) is 11.8 Å². The smallest absolute Gasteiger partial charge is 0.312 e. The number of ether oxygens (including phenoxy) is 5. The molecule has 15 heteroatoms. The minimum absolute atomic E-state index is 0.0221. The molecule has 3 unspecified atom stereocenters. The van der Waals surface area contributed by atoms with Crippen LogP contribution in [-0.4, -0.2) is 186 Å². The van der Waals surface area contributed by atoms with Gasteiger partial charge in [-0.3, -0.25) is 48.5 Å². The molecule has 0 N–H and O–H groups in total. The molecule has 0 aromatic carbocycles. The normalized spacial score (nSPS) is 33.4. The summed E-state index contributed by atoms with van der Waals surface area (Å²) in [5.74, 6) is 9.19. The molecule has 3 atom stereocenters. The number of piperidine rings is 5. The predicted molar refractivity (Wildman–Crippen MR) is 383 cm³/mol. The van der Waals surface area contributed by atoms with Gasteiger partial charge in [0.25, 0.3) is 0 Å². The van der Waals surface area contributed by atoms with Crippen LogP contribution in [0.1, 0.15) is 283 Å². The van der Waals surface area contributed by atoms with Crippen LogP contribution < -0.4 is 0 Å². The molecule has 17 aliphatic rings. The second kappa shape index (κ2) is 39.7. The third-order valence-electron chi connectivity index (χ3n) is 27.1. The lowest BCUT2D eigenvalue weighted by Crippen LogP contribution is -2.50. The topological polar surface area (TPSA) is 148 Å². The molecule has 0 radical (unpaired) electrons. The summed E-state index contributed by atoms with van der Waals surface area (Å²) in [6.45, 7) is 19.5. The van der Waals surface area contributed by atoms with Gasteiger partial charge in [0.1, 0.15) is 33.0 Å². The second-order valence-corrected chi connectivity index (χ2v) is 35.0. The molecule has 0 amide bonds. The van der Waals surface area contributed by atoms with Gasteiger partial charge >= 0.3 is 29.8 Å². The van der Waals surface area contributed by atoms with Crippen LogP contribution in [0.4, 0.5) is 0 Å². The highest BCUT2D eigenvalue weighted by molar-refractivity contribution is 5.77. The van der Waals surface area contributed by atoms with Gasteiger partial charge < -0.3 is 23.7 Å². The van der Waals surface area contributed by atoms with Gasteiger partial charge in [-0.05, 0) is 322 Å². The highest BCUT2D eigenvalue weighted by atomic mass is 16.5. The van der Waals surface area contributed by atoms with E-state index in [-0.39, 0.29) is 35.3 Å². The van der Waals surface area contributed by atoms with Gasteiger partial charge in [-0.15, -0.1) is 0 Å². The molecular formula is C82H139N5O10. The fourth-order valence-electron chi connectivity index (χ4n) is 22.8. The van der Waals surface area contributed by atoms with Crippen molar-refractivity contribution in [1.29, 1.82) is 0 Å². The van der Waals surface area contributed by atoms with Crippen molar-refractivity contribution in [3.05, 3.63) is 0 Å². The van der Waals surface area contributed by atoms with E-state index < -0.39 is 0 Å². The Balaban J connectivity index is 0.000000123. The molecule has 17 fully saturated rings. The van der Waals surface area contributed by atoms with Crippen LogP contribution in [0, 0.1) is 75.9 Å². The van der Waals surface area contributed by atoms with Crippen molar-refractivity contribution in [2.75, 3.05) is 131 Å². The fourth-order valence-corrected chi connectivity index (χ4v) is 22.8. The van der Waals surface area contributed by atoms with E-state index in [0.29, 0.717) is 81.9 Å². The molecule has 10 bridgehead atoms. The van der Waals surface area contributed by atoms with Crippen LogP contribution in [0.2, 0.25) is 0 Å². The Hall–Kier alpha value is -2.85. The molecule has 17 rings (SSSR count). The van der Waals surface area contributed by atoms with Crippen molar-refractivity contribution in [3.8, 4) is 0 Å². The summed E-state index contributed by atoms with van der Waals surface area (Å²) >= 11 is 0. The lowest BCUT2D eigenvalue weighted by Gasteiger charge is -2.56. The summed E-state index contributed by atoms with van der Waals surface area (Å²) in [6.07, 6.45) is 55.2. The fraction of sp³-hybridized carbons (Fsp3) is 0.939. The Bertz CT molecular complexity index is 2260. The summed E-state index contributed by atoms with van der Waals surface area (Å²) in [5, 5.41) is 0. The molecule has 0 spiro atoms. The average molecular weight is 1360 g/mol. The van der Waals surface area contributed by atoms with Crippen molar-refractivity contribution in [1.82, 2.24) is 24.5 Å². The zero-order valence-electron chi connectivity index (χ0n) is 61.4. The zero-order chi connectivity index (χ0) is 66.9. The molecule has 15 nitrogen and oxygen atoms in total. The van der Waals surface area contributed by atoms with E-state index in [9.17, 15) is 24.0 Å². The molecule has 97 heavy (non-hydrogen) atoms. The van der Waals surface area contributed by atoms with Gasteiger partial charge in [-0.2, -0.15) is 0 Å². The van der Waals surface area contributed by atoms with Gasteiger partial charge in [-0.25, -0.2) is 0 Å². The first-order valence-corrected chi connectivity index (χ1v) is 41.9. The Kier molecular flexibility index (Phi) is 30.8. The van der Waals surface area contributed by atoms with Crippen LogP contribution in [-0.2, 0) is 47.7 Å². The number of likely N-dealkylation sites (tertiary alicyclic amines) is 5. The minimum atomic E-state index is -0.0728. The van der Waals surface area contributed by atoms with Crippen LogP contribution in [0.25, 0.3) is 0 Å². The molecule has 5 heterocycles. The van der Waals surface area contributed by atoms with E-state index in [2.05, 4.69) is 24.5 Å². The molecule has 5 aliphatic heterocycles. The van der Waals surface area contributed by atoms with Gasteiger partial charge in [0, 0.05) is 52.0 Å². The van der Waals surface area contributed by atoms with E-state index in [1.165, 1.54) is 303 Å². The maximum absolute atomic E-state index is 12.7. The monoisotopic (exact) mass is 1350 g/mol. The first-order chi connectivity index (χ1) is 47.4. The quantitative estimate of drug-likeness (QED) is 0.0666. The molecule has 5 saturated heterocycles. The van der Waals surface area contributed by atoms with Crippen LogP contribution in [0.3, 0.4) is 0 Å². The van der Waals surface area contributed by atoms with Gasteiger partial charge in [0.2, 0.25) is 0 Å². The first-order valence-electron chi connectivity index (χ1n) is 41.9. The number of rotatable bonds is 24. The summed E-state index contributed by atoms with van der Waals surface area (Å²) < 4.78 is 27.5. The number of esters is 5. The number of hydrogen-bond donors (Lipinski definition) is 0. The minimum Gasteiger partial charge on any atom is -0.464 e. The molecule has 12 saturated carbocycles. The summed E-state index contributed by atoms with van der Waals surface area (Å²) in [6, 6.07) is 0. The average Bonchev–Trinajstić information content (AvgIpc) is 0.804. The van der Waals surface area contributed by atoms with Crippen LogP contribution >= 0.6 is 0 Å². The third-order valence-corrected chi connectivity index (χ3v) is 27.1. The highest BCUT2D eigenvalue weighted by Gasteiger charge is 2.56. The van der Waals surface area contributed by atoms with Gasteiger partial charge in [0.15, 0.2) is 0 Å². The Morgan fingerprint density at radius 1 is 0.289 bits per heavy atom. The SMILES string of the molecule is O=C(CC12CC3CC(CC(C3)C1)C2)OCCN1CCCCC1.O=C(CC1CC2CCC1C2)OCCN1CCCCC1.O=C(CC1CCCC1)OCCN1CCCCC1.O=C(CC1CCCCC1)OCCN1CCCCC1.O=C(OCCN1CCCCC1)C12CC3CC(CC(C3)C1)C2. The number of carbonyl (C=O) groups is 5. The van der Waals surface area contributed by atoms with Crippen molar-refractivity contribution in [2.24, 2.45) is 75.9 Å². The molecular weight excluding hydrogens is 1210 g/mol. The Morgan fingerprint density at radius 2 is 0.598 bits per heavy atom. The van der Waals surface area contributed by atoms with Crippen molar-refractivity contribution >= 4 is 29.8 Å². The third kappa shape index (κ3) is 24.9. The van der Waals surface area contributed by atoms with E-state index >= 15 is 0 Å². The van der Waals surface area contributed by atoms with Crippen LogP contribution in [0.5, 0.6) is 0 Å². The lowest BCUT2D eigenvalue weighted by molar-refractivity contribution is -0.172. The highest BCUT2D eigenvalue weighted by Crippen LogP contribution is 2.62. The lowest BCUT2D eigenvalue weighted by atomic mass is 9.49. The standard InChI is InChI=1S/C19H31NO2.C18H29NO2.C16H27NO2.C15H27NO2.C14H25NO2/c21-18(22-7-6-20-4-2-1-3-5-20)14-19-11-15-8-16(12-19)10-17(9-15)13-19;20-17(21-7-6-19-4-2-1-3-5-19)18-11-14-8-15(12-18)10-16(9-14)13-18;18-16(12-15-11-13-4-5-14(15)10-13)19-9-8-17-6-2-1-3-7-17;17-15(13-14-7-3-1-4-8-14)18-12-11-16-9-5-2-6-10-16;16-14(12-13-6-2-3-7-13)17-11-10-15-8-4-1-5-9-15/h15-17H,1-14H2;14-16H,1-13H2;13-15H,1-12H2;14H,1-13H2;13H,1-12H2. The number of nitrogens with zero attached hydrogens (tertiary/aromatic N) is 5. The number of carbonyl (C=O) groups excluding carboxylic acids is 5. The summed E-state index contributed by atoms with van der Waals surface area (Å²) in [7, 11) is 0. The van der Waals surface area contributed by atoms with E-state index in [4.69, 9.17) is 23.7 Å². The summed E-state index contributed by atoms with van der Waals surface area (Å²) in [4.78, 5) is 72.4. The largest absolute Gasteiger partial charge is 0.464 e. The predicted octanol–water partition coefficient (Wildman–Crippen LogP) is 15.3. The molecule has 552 valence electrons. The second-order valence-electron chi connectivity index (χ2n) is 35.0. The molecule has 0 aromatic rings. The molecule has 12 aliphatic carbocycles. The van der Waals surface area contributed by atoms with Gasteiger partial charge in [-0.1, -0.05) is 70.6 Å². The number of hydrogen-bond acceptors (Lipinski definition) is 15. The Labute approximate surface area is 588 Å². The van der Waals surface area contributed by atoms with E-state index in [0.717, 1.165) is 99.3 Å². The number of fused-ring (bicyclic) bond motifs is 2. The maximum Gasteiger partial charge on any atom is 0.312 e. The van der Waals surface area contributed by atoms with Crippen molar-refractivity contribution in [3.63, 3.8) is 0 Å². The zero-order valence-corrected chi connectivity index (χ0v) is 61.4.